The molecule has 0 radical (unpaired) electrons. The van der Waals surface area contributed by atoms with Gasteiger partial charge in [-0.15, -0.1) is 0 Å². The van der Waals surface area contributed by atoms with Gasteiger partial charge in [0.25, 0.3) is 0 Å². The van der Waals surface area contributed by atoms with Crippen molar-refractivity contribution in [2.45, 2.75) is 11.2 Å². The first-order valence-corrected chi connectivity index (χ1v) is 7.95. The summed E-state index contributed by atoms with van der Waals surface area (Å²) in [6, 6.07) is 14.2. The molecule has 2 aromatic carbocycles. The van der Waals surface area contributed by atoms with Crippen LogP contribution in [0.3, 0.4) is 0 Å². The molecular formula is C16H16Br2O2. The van der Waals surface area contributed by atoms with Crippen molar-refractivity contribution in [2.24, 2.45) is 0 Å². The molecule has 0 aliphatic heterocycles. The highest BCUT2D eigenvalue weighted by atomic mass is 79.9. The lowest BCUT2D eigenvalue weighted by Gasteiger charge is -2.15. The van der Waals surface area contributed by atoms with Gasteiger partial charge >= 0.3 is 0 Å². The summed E-state index contributed by atoms with van der Waals surface area (Å²) in [6.07, 6.45) is 0.886. The molecule has 20 heavy (non-hydrogen) atoms. The van der Waals surface area contributed by atoms with E-state index >= 15 is 0 Å². The molecule has 2 rings (SSSR count). The molecule has 0 aliphatic rings. The van der Waals surface area contributed by atoms with Gasteiger partial charge in [0.1, 0.15) is 11.5 Å². The Morgan fingerprint density at radius 3 is 2.30 bits per heavy atom. The maximum Gasteiger partial charge on any atom is 0.123 e. The first-order chi connectivity index (χ1) is 9.63. The van der Waals surface area contributed by atoms with Crippen molar-refractivity contribution >= 4 is 31.9 Å². The van der Waals surface area contributed by atoms with Crippen LogP contribution in [0.1, 0.15) is 16.0 Å². The van der Waals surface area contributed by atoms with E-state index in [2.05, 4.69) is 50.1 Å². The Bertz CT molecular complexity index is 567. The molecule has 0 bridgehead atoms. The fraction of sp³-hybridized carbons (Fsp3) is 0.250. The van der Waals surface area contributed by atoms with E-state index in [-0.39, 0.29) is 4.83 Å². The molecule has 0 aromatic heterocycles. The van der Waals surface area contributed by atoms with Crippen molar-refractivity contribution < 1.29 is 9.47 Å². The number of hydrogen-bond donors (Lipinski definition) is 0. The fourth-order valence-corrected chi connectivity index (χ4v) is 3.14. The van der Waals surface area contributed by atoms with Crippen molar-refractivity contribution in [3.05, 3.63) is 58.1 Å². The zero-order chi connectivity index (χ0) is 14.5. The van der Waals surface area contributed by atoms with E-state index in [1.54, 1.807) is 14.2 Å². The number of methoxy groups -OCH3 is 2. The minimum Gasteiger partial charge on any atom is -0.497 e. The number of halogens is 2. The summed E-state index contributed by atoms with van der Waals surface area (Å²) >= 11 is 7.26. The number of ether oxygens (including phenoxy) is 2. The molecule has 1 unspecified atom stereocenters. The first kappa shape index (κ1) is 15.4. The maximum absolute atomic E-state index is 5.42. The third-order valence-corrected chi connectivity index (χ3v) is 4.41. The molecule has 0 spiro atoms. The third-order valence-electron chi connectivity index (χ3n) is 3.10. The van der Waals surface area contributed by atoms with Crippen molar-refractivity contribution in [1.29, 1.82) is 0 Å². The predicted octanol–water partition coefficient (Wildman–Crippen LogP) is 5.15. The molecular weight excluding hydrogens is 384 g/mol. The normalized spacial score (nSPS) is 12.0. The van der Waals surface area contributed by atoms with Gasteiger partial charge in [-0.25, -0.2) is 0 Å². The van der Waals surface area contributed by atoms with Gasteiger partial charge in [-0.05, 0) is 42.3 Å². The Balaban J connectivity index is 2.18. The Hall–Kier alpha value is -1.00. The van der Waals surface area contributed by atoms with Crippen LogP contribution < -0.4 is 9.47 Å². The number of benzene rings is 2. The number of hydrogen-bond acceptors (Lipinski definition) is 2. The monoisotopic (exact) mass is 398 g/mol. The molecule has 0 N–H and O–H groups in total. The SMILES string of the molecule is COc1ccc(CC(Br)c2cc(Br)ccc2OC)cc1. The van der Waals surface area contributed by atoms with E-state index in [0.717, 1.165) is 28.0 Å². The molecule has 0 amide bonds. The highest BCUT2D eigenvalue weighted by Crippen LogP contribution is 2.35. The smallest absolute Gasteiger partial charge is 0.123 e. The van der Waals surface area contributed by atoms with Gasteiger partial charge in [0.15, 0.2) is 0 Å². The fourth-order valence-electron chi connectivity index (χ4n) is 2.03. The minimum absolute atomic E-state index is 0.198. The Morgan fingerprint density at radius 2 is 1.70 bits per heavy atom. The summed E-state index contributed by atoms with van der Waals surface area (Å²) in [4.78, 5) is 0.198. The highest BCUT2D eigenvalue weighted by Gasteiger charge is 2.14. The van der Waals surface area contributed by atoms with Gasteiger partial charge in [-0.1, -0.05) is 44.0 Å². The molecule has 1 atom stereocenters. The zero-order valence-corrected chi connectivity index (χ0v) is 14.6. The molecule has 0 fully saturated rings. The quantitative estimate of drug-likeness (QED) is 0.647. The Morgan fingerprint density at radius 1 is 1.00 bits per heavy atom. The van der Waals surface area contributed by atoms with E-state index in [1.807, 2.05) is 24.3 Å². The van der Waals surface area contributed by atoms with Crippen LogP contribution in [-0.4, -0.2) is 14.2 Å². The van der Waals surface area contributed by atoms with E-state index < -0.39 is 0 Å². The van der Waals surface area contributed by atoms with Gasteiger partial charge in [0, 0.05) is 14.9 Å². The lowest BCUT2D eigenvalue weighted by molar-refractivity contribution is 0.409. The second-order valence-electron chi connectivity index (χ2n) is 4.41. The van der Waals surface area contributed by atoms with E-state index in [9.17, 15) is 0 Å². The third kappa shape index (κ3) is 3.76. The van der Waals surface area contributed by atoms with Crippen LogP contribution in [0.15, 0.2) is 46.9 Å². The van der Waals surface area contributed by atoms with E-state index in [0.29, 0.717) is 0 Å². The number of alkyl halides is 1. The van der Waals surface area contributed by atoms with Crippen LogP contribution in [0.2, 0.25) is 0 Å². The zero-order valence-electron chi connectivity index (χ0n) is 11.4. The molecule has 2 nitrogen and oxygen atoms in total. The van der Waals surface area contributed by atoms with E-state index in [1.165, 1.54) is 5.56 Å². The standard InChI is InChI=1S/C16H16Br2O2/c1-19-13-6-3-11(4-7-13)9-15(18)14-10-12(17)5-8-16(14)20-2/h3-8,10,15H,9H2,1-2H3. The summed E-state index contributed by atoms with van der Waals surface area (Å²) in [5, 5.41) is 0. The molecule has 2 aromatic rings. The summed E-state index contributed by atoms with van der Waals surface area (Å²) in [5.41, 5.74) is 2.38. The van der Waals surface area contributed by atoms with Crippen LogP contribution in [0, 0.1) is 0 Å². The molecule has 0 saturated carbocycles. The Labute approximate surface area is 136 Å². The van der Waals surface area contributed by atoms with Crippen LogP contribution in [0.25, 0.3) is 0 Å². The predicted molar refractivity (Wildman–Crippen MR) is 89.1 cm³/mol. The summed E-state index contributed by atoms with van der Waals surface area (Å²) in [6.45, 7) is 0. The van der Waals surface area contributed by atoms with Crippen LogP contribution >= 0.6 is 31.9 Å². The van der Waals surface area contributed by atoms with Crippen molar-refractivity contribution in [2.75, 3.05) is 14.2 Å². The van der Waals surface area contributed by atoms with Gasteiger partial charge in [0.05, 0.1) is 14.2 Å². The highest BCUT2D eigenvalue weighted by molar-refractivity contribution is 9.10. The van der Waals surface area contributed by atoms with Gasteiger partial charge in [-0.2, -0.15) is 0 Å². The molecule has 0 aliphatic carbocycles. The summed E-state index contributed by atoms with van der Waals surface area (Å²) in [5.74, 6) is 1.77. The Kier molecular flexibility index (Phi) is 5.49. The largest absolute Gasteiger partial charge is 0.497 e. The molecule has 0 saturated heterocycles. The average Bonchev–Trinajstić information content (AvgIpc) is 2.48. The topological polar surface area (TPSA) is 18.5 Å². The van der Waals surface area contributed by atoms with Crippen molar-refractivity contribution in [3.63, 3.8) is 0 Å². The minimum atomic E-state index is 0.198. The molecule has 4 heteroatoms. The van der Waals surface area contributed by atoms with Crippen LogP contribution in [-0.2, 0) is 6.42 Å². The van der Waals surface area contributed by atoms with Crippen molar-refractivity contribution in [1.82, 2.24) is 0 Å². The first-order valence-electron chi connectivity index (χ1n) is 6.24. The molecule has 106 valence electrons. The van der Waals surface area contributed by atoms with Crippen LogP contribution in [0.5, 0.6) is 11.5 Å². The van der Waals surface area contributed by atoms with Gasteiger partial charge < -0.3 is 9.47 Å². The maximum atomic E-state index is 5.42. The average molecular weight is 400 g/mol. The second-order valence-corrected chi connectivity index (χ2v) is 6.43. The summed E-state index contributed by atoms with van der Waals surface area (Å²) < 4.78 is 11.6. The lowest BCUT2D eigenvalue weighted by Crippen LogP contribution is -1.99. The van der Waals surface area contributed by atoms with Gasteiger partial charge in [0.2, 0.25) is 0 Å². The number of rotatable bonds is 5. The van der Waals surface area contributed by atoms with E-state index in [4.69, 9.17) is 9.47 Å². The van der Waals surface area contributed by atoms with Crippen LogP contribution in [0.4, 0.5) is 0 Å². The van der Waals surface area contributed by atoms with Gasteiger partial charge in [-0.3, -0.25) is 0 Å². The second kappa shape index (κ2) is 7.14. The molecule has 0 heterocycles. The van der Waals surface area contributed by atoms with Crippen molar-refractivity contribution in [3.8, 4) is 11.5 Å². The lowest BCUT2D eigenvalue weighted by atomic mass is 10.0. The summed E-state index contributed by atoms with van der Waals surface area (Å²) in [7, 11) is 3.37.